The summed E-state index contributed by atoms with van der Waals surface area (Å²) in [4.78, 5) is 27.0. The van der Waals surface area contributed by atoms with E-state index in [0.29, 0.717) is 17.5 Å². The summed E-state index contributed by atoms with van der Waals surface area (Å²) in [5.41, 5.74) is 2.88. The zero-order chi connectivity index (χ0) is 21.7. The zero-order valence-corrected chi connectivity index (χ0v) is 17.3. The molecule has 0 aliphatic heterocycles. The van der Waals surface area contributed by atoms with Crippen LogP contribution in [-0.2, 0) is 4.79 Å². The number of fused-ring (bicyclic) bond motifs is 1. The number of aliphatic carboxylic acids is 1. The maximum Gasteiger partial charge on any atom is 0.340 e. The number of hydrogen-bond acceptors (Lipinski definition) is 3. The number of nitrogens with one attached hydrogen (secondary N) is 1. The lowest BCUT2D eigenvalue weighted by atomic mass is 9.91. The highest BCUT2D eigenvalue weighted by molar-refractivity contribution is 6.01. The monoisotopic (exact) mass is 409 g/mol. The summed E-state index contributed by atoms with van der Waals surface area (Å²) < 4.78 is 5.23. The molecule has 0 spiro atoms. The van der Waals surface area contributed by atoms with Crippen molar-refractivity contribution < 1.29 is 24.5 Å². The van der Waals surface area contributed by atoms with Gasteiger partial charge in [0.1, 0.15) is 11.3 Å². The molecule has 0 bridgehead atoms. The standard InChI is InChI=1S/C24H27NO5/c1-3-4-5-6-8-17(23(26)27)19-14-25-20-12-11-15(13-18(19)20)16-9-7-10-21(30-2)22(16)24(28)29/h7,9-14,17,25H,3-6,8H2,1-2H3,(H,26,27)(H,28,29). The fraction of sp³-hybridized carbons (Fsp3) is 0.333. The number of hydrogen-bond donors (Lipinski definition) is 3. The van der Waals surface area contributed by atoms with E-state index in [1.54, 1.807) is 24.4 Å². The molecule has 3 rings (SSSR count). The molecule has 0 fully saturated rings. The van der Waals surface area contributed by atoms with Gasteiger partial charge < -0.3 is 19.9 Å². The van der Waals surface area contributed by atoms with Crippen LogP contribution < -0.4 is 4.74 Å². The predicted molar refractivity (Wildman–Crippen MR) is 116 cm³/mol. The van der Waals surface area contributed by atoms with E-state index in [4.69, 9.17) is 4.74 Å². The van der Waals surface area contributed by atoms with E-state index in [1.807, 2.05) is 18.2 Å². The molecule has 1 unspecified atom stereocenters. The number of carbonyl (C=O) groups is 2. The molecule has 1 atom stereocenters. The number of rotatable bonds is 10. The van der Waals surface area contributed by atoms with Crippen LogP contribution in [0.4, 0.5) is 0 Å². The van der Waals surface area contributed by atoms with Crippen LogP contribution in [0.15, 0.2) is 42.6 Å². The van der Waals surface area contributed by atoms with Crippen molar-refractivity contribution in [1.29, 1.82) is 0 Å². The number of aromatic nitrogens is 1. The molecule has 0 radical (unpaired) electrons. The lowest BCUT2D eigenvalue weighted by Crippen LogP contribution is -2.11. The van der Waals surface area contributed by atoms with Gasteiger partial charge in [0.2, 0.25) is 0 Å². The third kappa shape index (κ3) is 4.32. The van der Waals surface area contributed by atoms with E-state index in [2.05, 4.69) is 11.9 Å². The fourth-order valence-corrected chi connectivity index (χ4v) is 3.95. The highest BCUT2D eigenvalue weighted by Crippen LogP contribution is 2.35. The molecular formula is C24H27NO5. The molecule has 1 heterocycles. The topological polar surface area (TPSA) is 99.6 Å². The van der Waals surface area contributed by atoms with Gasteiger partial charge in [-0.2, -0.15) is 0 Å². The van der Waals surface area contributed by atoms with Crippen molar-refractivity contribution in [2.75, 3.05) is 7.11 Å². The van der Waals surface area contributed by atoms with E-state index in [1.165, 1.54) is 7.11 Å². The predicted octanol–water partition coefficient (Wildman–Crippen LogP) is 5.68. The number of methoxy groups -OCH3 is 1. The van der Waals surface area contributed by atoms with Crippen LogP contribution in [0.3, 0.4) is 0 Å². The van der Waals surface area contributed by atoms with Crippen LogP contribution in [0.2, 0.25) is 0 Å². The van der Waals surface area contributed by atoms with Crippen molar-refractivity contribution in [1.82, 2.24) is 4.98 Å². The molecule has 6 heteroatoms. The highest BCUT2D eigenvalue weighted by atomic mass is 16.5. The Hall–Kier alpha value is -3.28. The van der Waals surface area contributed by atoms with E-state index in [9.17, 15) is 19.8 Å². The quantitative estimate of drug-likeness (QED) is 0.374. The van der Waals surface area contributed by atoms with Gasteiger partial charge in [0.05, 0.1) is 13.0 Å². The van der Waals surface area contributed by atoms with Gasteiger partial charge in [0.15, 0.2) is 0 Å². The average Bonchev–Trinajstić information content (AvgIpc) is 3.15. The van der Waals surface area contributed by atoms with Crippen molar-refractivity contribution in [2.24, 2.45) is 0 Å². The number of ether oxygens (including phenoxy) is 1. The lowest BCUT2D eigenvalue weighted by molar-refractivity contribution is -0.139. The molecule has 1 aromatic heterocycles. The number of carboxylic acid groups (broad SMARTS) is 2. The number of aromatic carboxylic acids is 1. The molecule has 0 saturated heterocycles. The SMILES string of the molecule is CCCCCCC(C(=O)O)c1c[nH]c2ccc(-c3cccc(OC)c3C(=O)O)cc12. The van der Waals surface area contributed by atoms with Crippen LogP contribution >= 0.6 is 0 Å². The zero-order valence-electron chi connectivity index (χ0n) is 17.3. The van der Waals surface area contributed by atoms with Crippen molar-refractivity contribution >= 4 is 22.8 Å². The summed E-state index contributed by atoms with van der Waals surface area (Å²) in [6.07, 6.45) is 6.40. The van der Waals surface area contributed by atoms with E-state index in [0.717, 1.165) is 42.1 Å². The summed E-state index contributed by atoms with van der Waals surface area (Å²) in [5, 5.41) is 20.3. The Kier molecular flexibility index (Phi) is 6.77. The maximum atomic E-state index is 12.0. The van der Waals surface area contributed by atoms with Gasteiger partial charge in [0, 0.05) is 17.1 Å². The maximum absolute atomic E-state index is 12.0. The number of H-pyrrole nitrogens is 1. The number of unbranched alkanes of at least 4 members (excludes halogenated alkanes) is 3. The minimum atomic E-state index is -1.07. The Balaban J connectivity index is 2.05. The fourth-order valence-electron chi connectivity index (χ4n) is 3.95. The van der Waals surface area contributed by atoms with Gasteiger partial charge >= 0.3 is 11.9 Å². The molecule has 3 aromatic rings. The van der Waals surface area contributed by atoms with Crippen LogP contribution in [-0.4, -0.2) is 34.2 Å². The number of carboxylic acids is 2. The summed E-state index contributed by atoms with van der Waals surface area (Å²) in [6, 6.07) is 10.7. The summed E-state index contributed by atoms with van der Waals surface area (Å²) >= 11 is 0. The smallest absolute Gasteiger partial charge is 0.340 e. The summed E-state index contributed by atoms with van der Waals surface area (Å²) in [5.74, 6) is -2.23. The van der Waals surface area contributed by atoms with Crippen molar-refractivity contribution in [3.63, 3.8) is 0 Å². The molecule has 2 aromatic carbocycles. The Morgan fingerprint density at radius 3 is 2.57 bits per heavy atom. The largest absolute Gasteiger partial charge is 0.496 e. The summed E-state index contributed by atoms with van der Waals surface area (Å²) in [7, 11) is 1.44. The minimum absolute atomic E-state index is 0.0887. The number of aromatic amines is 1. The van der Waals surface area contributed by atoms with Crippen molar-refractivity contribution in [3.05, 3.63) is 53.7 Å². The molecule has 6 nitrogen and oxygen atoms in total. The van der Waals surface area contributed by atoms with Gasteiger partial charge in [-0.05, 0) is 41.3 Å². The Labute approximate surface area is 175 Å². The third-order valence-electron chi connectivity index (χ3n) is 5.50. The van der Waals surface area contributed by atoms with Crippen LogP contribution in [0.25, 0.3) is 22.0 Å². The molecule has 0 amide bonds. The molecular weight excluding hydrogens is 382 g/mol. The van der Waals surface area contributed by atoms with Crippen molar-refractivity contribution in [3.8, 4) is 16.9 Å². The second-order valence-corrected chi connectivity index (χ2v) is 7.43. The lowest BCUT2D eigenvalue weighted by Gasteiger charge is -2.13. The molecule has 0 saturated carbocycles. The van der Waals surface area contributed by atoms with Crippen molar-refractivity contribution in [2.45, 2.75) is 44.9 Å². The Morgan fingerprint density at radius 2 is 1.90 bits per heavy atom. The van der Waals surface area contributed by atoms with Gasteiger partial charge in [-0.3, -0.25) is 4.79 Å². The van der Waals surface area contributed by atoms with E-state index >= 15 is 0 Å². The van der Waals surface area contributed by atoms with Gasteiger partial charge in [-0.25, -0.2) is 4.79 Å². The second-order valence-electron chi connectivity index (χ2n) is 7.43. The van der Waals surface area contributed by atoms with Gasteiger partial charge in [0.25, 0.3) is 0 Å². The van der Waals surface area contributed by atoms with Gasteiger partial charge in [-0.1, -0.05) is 50.8 Å². The van der Waals surface area contributed by atoms with Crippen LogP contribution in [0.5, 0.6) is 5.75 Å². The Morgan fingerprint density at radius 1 is 1.10 bits per heavy atom. The second kappa shape index (κ2) is 9.48. The first-order chi connectivity index (χ1) is 14.5. The normalized spacial score (nSPS) is 12.1. The third-order valence-corrected chi connectivity index (χ3v) is 5.50. The van der Waals surface area contributed by atoms with Crippen LogP contribution in [0.1, 0.15) is 60.9 Å². The first kappa shape index (κ1) is 21.4. The molecule has 0 aliphatic carbocycles. The van der Waals surface area contributed by atoms with E-state index < -0.39 is 17.9 Å². The molecule has 0 aliphatic rings. The minimum Gasteiger partial charge on any atom is -0.496 e. The highest BCUT2D eigenvalue weighted by Gasteiger charge is 2.24. The molecule has 3 N–H and O–H groups in total. The molecule has 158 valence electrons. The molecule has 30 heavy (non-hydrogen) atoms. The summed E-state index contributed by atoms with van der Waals surface area (Å²) in [6.45, 7) is 2.12. The Bertz CT molecular complexity index is 1050. The van der Waals surface area contributed by atoms with E-state index in [-0.39, 0.29) is 11.3 Å². The first-order valence-electron chi connectivity index (χ1n) is 10.2. The first-order valence-corrected chi connectivity index (χ1v) is 10.2. The average molecular weight is 409 g/mol. The van der Waals surface area contributed by atoms with Gasteiger partial charge in [-0.15, -0.1) is 0 Å². The van der Waals surface area contributed by atoms with Crippen LogP contribution in [0, 0.1) is 0 Å². The number of benzene rings is 2.